The van der Waals surface area contributed by atoms with Gasteiger partial charge in [-0.15, -0.1) is 0 Å². The Morgan fingerprint density at radius 3 is 2.57 bits per heavy atom. The van der Waals surface area contributed by atoms with Crippen LogP contribution in [-0.2, 0) is 19.6 Å². The van der Waals surface area contributed by atoms with Crippen molar-refractivity contribution in [2.24, 2.45) is 0 Å². The number of benzene rings is 1. The summed E-state index contributed by atoms with van der Waals surface area (Å²) in [6.45, 7) is 3.23. The predicted molar refractivity (Wildman–Crippen MR) is 79.8 cm³/mol. The molecule has 0 fully saturated rings. The van der Waals surface area contributed by atoms with Gasteiger partial charge in [-0.25, -0.2) is 12.8 Å². The molecule has 0 aromatic heterocycles. The number of hydrogen-bond donors (Lipinski definition) is 0. The van der Waals surface area contributed by atoms with Crippen molar-refractivity contribution in [3.05, 3.63) is 28.5 Å². The second-order valence-electron chi connectivity index (χ2n) is 4.22. The summed E-state index contributed by atoms with van der Waals surface area (Å²) in [5.41, 5.74) is 0. The van der Waals surface area contributed by atoms with Crippen LogP contribution in [0.1, 0.15) is 20.3 Å². The number of sulfonamides is 1. The molecule has 0 spiro atoms. The highest BCUT2D eigenvalue weighted by Crippen LogP contribution is 2.22. The zero-order chi connectivity index (χ0) is 16.0. The van der Waals surface area contributed by atoms with Gasteiger partial charge in [-0.05, 0) is 31.5 Å². The highest BCUT2D eigenvalue weighted by molar-refractivity contribution is 9.10. The van der Waals surface area contributed by atoms with E-state index in [4.69, 9.17) is 4.74 Å². The van der Waals surface area contributed by atoms with Crippen LogP contribution in [0.25, 0.3) is 0 Å². The first kappa shape index (κ1) is 18.1. The lowest BCUT2D eigenvalue weighted by Gasteiger charge is -2.21. The summed E-state index contributed by atoms with van der Waals surface area (Å²) in [6, 6.07) is 3.67. The molecule has 21 heavy (non-hydrogen) atoms. The van der Waals surface area contributed by atoms with Gasteiger partial charge in [-0.2, -0.15) is 4.31 Å². The zero-order valence-corrected chi connectivity index (χ0v) is 14.2. The quantitative estimate of drug-likeness (QED) is 0.680. The van der Waals surface area contributed by atoms with E-state index in [-0.39, 0.29) is 13.2 Å². The van der Waals surface area contributed by atoms with Crippen LogP contribution >= 0.6 is 15.9 Å². The number of esters is 1. The van der Waals surface area contributed by atoms with Gasteiger partial charge in [0, 0.05) is 11.0 Å². The van der Waals surface area contributed by atoms with E-state index in [1.54, 1.807) is 13.8 Å². The largest absolute Gasteiger partial charge is 0.465 e. The summed E-state index contributed by atoms with van der Waals surface area (Å²) in [5, 5.41) is 0. The molecule has 0 amide bonds. The van der Waals surface area contributed by atoms with Crippen molar-refractivity contribution in [1.82, 2.24) is 4.31 Å². The van der Waals surface area contributed by atoms with Gasteiger partial charge in [0.15, 0.2) is 0 Å². The van der Waals surface area contributed by atoms with Gasteiger partial charge in [0.1, 0.15) is 17.3 Å². The SMILES string of the molecule is CCCN(CC(=O)OCC)S(=O)(=O)c1ccc(Br)cc1F. The number of rotatable bonds is 7. The maximum Gasteiger partial charge on any atom is 0.321 e. The van der Waals surface area contributed by atoms with E-state index in [1.165, 1.54) is 12.1 Å². The van der Waals surface area contributed by atoms with Crippen molar-refractivity contribution >= 4 is 31.9 Å². The molecular formula is C13H17BrFNO4S. The second kappa shape index (κ2) is 7.86. The number of hydrogen-bond acceptors (Lipinski definition) is 4. The van der Waals surface area contributed by atoms with Crippen LogP contribution in [0.5, 0.6) is 0 Å². The van der Waals surface area contributed by atoms with Gasteiger partial charge >= 0.3 is 5.97 Å². The minimum atomic E-state index is -4.09. The summed E-state index contributed by atoms with van der Waals surface area (Å²) >= 11 is 3.07. The molecule has 0 N–H and O–H groups in total. The molecule has 0 aliphatic carbocycles. The van der Waals surface area contributed by atoms with E-state index in [2.05, 4.69) is 15.9 Å². The van der Waals surface area contributed by atoms with E-state index in [0.29, 0.717) is 10.9 Å². The molecule has 8 heteroatoms. The standard InChI is InChI=1S/C13H17BrFNO4S/c1-3-7-16(9-13(17)20-4-2)21(18,19)12-6-5-10(14)8-11(12)15/h5-6,8H,3-4,7,9H2,1-2H3. The minimum Gasteiger partial charge on any atom is -0.465 e. The molecule has 0 radical (unpaired) electrons. The molecule has 1 rings (SSSR count). The van der Waals surface area contributed by atoms with Crippen LogP contribution in [0.15, 0.2) is 27.6 Å². The van der Waals surface area contributed by atoms with Crippen LogP contribution in [-0.4, -0.2) is 38.4 Å². The Hall–Kier alpha value is -0.990. The molecule has 118 valence electrons. The Bertz CT molecular complexity index is 606. The summed E-state index contributed by atoms with van der Waals surface area (Å²) < 4.78 is 44.9. The van der Waals surface area contributed by atoms with Crippen LogP contribution in [0.3, 0.4) is 0 Å². The van der Waals surface area contributed by atoms with E-state index in [0.717, 1.165) is 10.4 Å². The molecule has 0 atom stereocenters. The van der Waals surface area contributed by atoms with E-state index in [1.807, 2.05) is 0 Å². The van der Waals surface area contributed by atoms with Gasteiger partial charge in [0.2, 0.25) is 10.0 Å². The first-order valence-electron chi connectivity index (χ1n) is 6.43. The van der Waals surface area contributed by atoms with Gasteiger partial charge in [-0.1, -0.05) is 22.9 Å². The first-order chi connectivity index (χ1) is 9.82. The predicted octanol–water partition coefficient (Wildman–Crippen LogP) is 2.55. The highest BCUT2D eigenvalue weighted by Gasteiger charge is 2.29. The fourth-order valence-corrected chi connectivity index (χ4v) is 3.56. The lowest BCUT2D eigenvalue weighted by atomic mass is 10.3. The Kier molecular flexibility index (Phi) is 6.76. The molecule has 0 saturated carbocycles. The fourth-order valence-electron chi connectivity index (χ4n) is 1.71. The Balaban J connectivity index is 3.12. The average Bonchev–Trinajstić information content (AvgIpc) is 2.38. The van der Waals surface area contributed by atoms with Crippen molar-refractivity contribution in [1.29, 1.82) is 0 Å². The molecule has 0 aliphatic heterocycles. The highest BCUT2D eigenvalue weighted by atomic mass is 79.9. The number of ether oxygens (including phenoxy) is 1. The zero-order valence-electron chi connectivity index (χ0n) is 11.8. The molecule has 0 bridgehead atoms. The van der Waals surface area contributed by atoms with Crippen molar-refractivity contribution in [3.63, 3.8) is 0 Å². The smallest absolute Gasteiger partial charge is 0.321 e. The van der Waals surface area contributed by atoms with Gasteiger partial charge < -0.3 is 4.74 Å². The van der Waals surface area contributed by atoms with Gasteiger partial charge in [-0.3, -0.25) is 4.79 Å². The van der Waals surface area contributed by atoms with Crippen LogP contribution in [0.4, 0.5) is 4.39 Å². The average molecular weight is 382 g/mol. The summed E-state index contributed by atoms with van der Waals surface area (Å²) in [5.74, 6) is -1.53. The molecule has 0 aliphatic rings. The first-order valence-corrected chi connectivity index (χ1v) is 8.67. The van der Waals surface area contributed by atoms with Crippen molar-refractivity contribution in [3.8, 4) is 0 Å². The summed E-state index contributed by atoms with van der Waals surface area (Å²) in [6.07, 6.45) is 0.497. The summed E-state index contributed by atoms with van der Waals surface area (Å²) in [4.78, 5) is 11.1. The lowest BCUT2D eigenvalue weighted by Crippen LogP contribution is -2.37. The second-order valence-corrected chi connectivity index (χ2v) is 7.04. The molecule has 1 aromatic carbocycles. The number of halogens is 2. The van der Waals surface area contributed by atoms with Crippen LogP contribution in [0.2, 0.25) is 0 Å². The molecule has 0 heterocycles. The lowest BCUT2D eigenvalue weighted by molar-refractivity contribution is -0.143. The minimum absolute atomic E-state index is 0.108. The third-order valence-corrected chi connectivity index (χ3v) is 4.97. The number of carbonyl (C=O) groups excluding carboxylic acids is 1. The Morgan fingerprint density at radius 1 is 1.38 bits per heavy atom. The van der Waals surface area contributed by atoms with E-state index >= 15 is 0 Å². The Labute approximate surface area is 132 Å². The molecule has 0 saturated heterocycles. The maximum atomic E-state index is 13.9. The van der Waals surface area contributed by atoms with Gasteiger partial charge in [0.05, 0.1) is 6.61 Å². The van der Waals surface area contributed by atoms with Gasteiger partial charge in [0.25, 0.3) is 0 Å². The number of nitrogens with zero attached hydrogens (tertiary/aromatic N) is 1. The normalized spacial score (nSPS) is 11.7. The molecule has 1 aromatic rings. The third-order valence-electron chi connectivity index (χ3n) is 2.60. The van der Waals surface area contributed by atoms with E-state index < -0.39 is 33.3 Å². The third kappa shape index (κ3) is 4.76. The summed E-state index contributed by atoms with van der Waals surface area (Å²) in [7, 11) is -4.09. The van der Waals surface area contributed by atoms with Crippen molar-refractivity contribution in [2.75, 3.05) is 19.7 Å². The van der Waals surface area contributed by atoms with Crippen molar-refractivity contribution in [2.45, 2.75) is 25.2 Å². The molecule has 5 nitrogen and oxygen atoms in total. The van der Waals surface area contributed by atoms with Crippen molar-refractivity contribution < 1.29 is 22.3 Å². The fraction of sp³-hybridized carbons (Fsp3) is 0.462. The monoisotopic (exact) mass is 381 g/mol. The molecule has 0 unspecified atom stereocenters. The maximum absolute atomic E-state index is 13.9. The van der Waals surface area contributed by atoms with E-state index in [9.17, 15) is 17.6 Å². The number of carbonyl (C=O) groups is 1. The van der Waals surface area contributed by atoms with Crippen LogP contribution in [0, 0.1) is 5.82 Å². The van der Waals surface area contributed by atoms with Crippen LogP contribution < -0.4 is 0 Å². The Morgan fingerprint density at radius 2 is 2.05 bits per heavy atom. The molecular weight excluding hydrogens is 365 g/mol. The topological polar surface area (TPSA) is 63.7 Å².